The lowest BCUT2D eigenvalue weighted by Crippen LogP contribution is -2.50. The first-order valence-electron chi connectivity index (χ1n) is 25.7. The number of nitrogens with one attached hydrogen (secondary N) is 5. The van der Waals surface area contributed by atoms with Gasteiger partial charge in [0.25, 0.3) is 11.5 Å². The summed E-state index contributed by atoms with van der Waals surface area (Å²) in [6, 6.07) is 8.33. The lowest BCUT2D eigenvalue weighted by atomic mass is 9.73. The highest BCUT2D eigenvalue weighted by atomic mass is 32.2. The number of anilines is 4. The van der Waals surface area contributed by atoms with Crippen LogP contribution < -0.4 is 42.8 Å². The number of hydrogen-bond donors (Lipinski definition) is 6. The van der Waals surface area contributed by atoms with Crippen LogP contribution in [0.1, 0.15) is 140 Å². The molecular weight excluding hydrogens is 923 g/mol. The molecule has 2 aromatic heterocycles. The van der Waals surface area contributed by atoms with Gasteiger partial charge in [-0.3, -0.25) is 34.1 Å². The van der Waals surface area contributed by atoms with Crippen molar-refractivity contribution in [2.45, 2.75) is 164 Å². The van der Waals surface area contributed by atoms with Crippen LogP contribution in [0.4, 0.5) is 23.0 Å². The monoisotopic (exact) mass is 992 g/mol. The zero-order valence-corrected chi connectivity index (χ0v) is 41.9. The van der Waals surface area contributed by atoms with Crippen molar-refractivity contribution in [1.82, 2.24) is 30.4 Å². The maximum Gasteiger partial charge on any atom is 0.277 e. The van der Waals surface area contributed by atoms with Crippen LogP contribution >= 0.6 is 11.8 Å². The first kappa shape index (κ1) is 51.4. The standard InChI is InChI=1S/C52H69N11O7S/c1-3-14-36-37(19-18-35-29-55-48-50(71-46(35)36)56-31-40(60-48)62-27-24-52(25-28-62)32-70-33(2)47(52)53)58-43(66)23-22-41(64)54-26-12-10-8-6-4-5-7-9-11-17-42(65)59-38-16-13-15-34-30-57-63(51(69)45(34)38)39-20-21-44(67)61-49(39)68/h13,15-16,18-19,30-31,33,39,47H,3-12,14,17,20-29,32,53H2,1-2H3,(H,54,64)(H,55,60)(H,58,66)(H,59,65)(H,61,67,68)/t33-,39?,47+/m0/s1. The van der Waals surface area contributed by atoms with Crippen LogP contribution in [0.15, 0.2) is 57.4 Å². The van der Waals surface area contributed by atoms with E-state index in [-0.39, 0.29) is 72.3 Å². The number of aromatic nitrogens is 4. The van der Waals surface area contributed by atoms with Gasteiger partial charge < -0.3 is 36.6 Å². The second-order valence-electron chi connectivity index (χ2n) is 19.6. The largest absolute Gasteiger partial charge is 0.376 e. The average Bonchev–Trinajstić information content (AvgIpc) is 3.50. The van der Waals surface area contributed by atoms with Crippen LogP contribution in [0.25, 0.3) is 10.8 Å². The Kier molecular flexibility index (Phi) is 17.4. The fourth-order valence-electron chi connectivity index (χ4n) is 10.3. The number of fused-ring (bicyclic) bond motifs is 3. The number of imide groups is 1. The summed E-state index contributed by atoms with van der Waals surface area (Å²) in [7, 11) is 0. The van der Waals surface area contributed by atoms with Crippen LogP contribution in [-0.2, 0) is 41.7 Å². The van der Waals surface area contributed by atoms with Gasteiger partial charge in [-0.2, -0.15) is 5.10 Å². The molecule has 19 heteroatoms. The van der Waals surface area contributed by atoms with Crippen molar-refractivity contribution in [3.8, 4) is 0 Å². The Bertz CT molecular complexity index is 2650. The summed E-state index contributed by atoms with van der Waals surface area (Å²) in [5.74, 6) is 0.176. The summed E-state index contributed by atoms with van der Waals surface area (Å²) in [6.45, 7) is 7.81. The van der Waals surface area contributed by atoms with Crippen LogP contribution in [0, 0.1) is 5.41 Å². The number of carbonyl (C=O) groups is 5. The van der Waals surface area contributed by atoms with Gasteiger partial charge in [0.2, 0.25) is 23.6 Å². The zero-order valence-electron chi connectivity index (χ0n) is 41.1. The van der Waals surface area contributed by atoms with E-state index in [9.17, 15) is 28.8 Å². The summed E-state index contributed by atoms with van der Waals surface area (Å²) in [4.78, 5) is 89.5. The van der Waals surface area contributed by atoms with Gasteiger partial charge >= 0.3 is 0 Å². The molecule has 4 aliphatic heterocycles. The molecule has 1 spiro atoms. The average molecular weight is 992 g/mol. The predicted octanol–water partition coefficient (Wildman–Crippen LogP) is 6.90. The quantitative estimate of drug-likeness (QED) is 0.0368. The Morgan fingerprint density at radius 1 is 0.887 bits per heavy atom. The third-order valence-electron chi connectivity index (χ3n) is 14.5. The van der Waals surface area contributed by atoms with Gasteiger partial charge in [0.15, 0.2) is 5.82 Å². The lowest BCUT2D eigenvalue weighted by Gasteiger charge is -2.41. The van der Waals surface area contributed by atoms with E-state index in [0.717, 1.165) is 146 Å². The van der Waals surface area contributed by atoms with Crippen molar-refractivity contribution in [3.63, 3.8) is 0 Å². The molecule has 8 rings (SSSR count). The van der Waals surface area contributed by atoms with Gasteiger partial charge in [0.05, 0.1) is 36.2 Å². The van der Waals surface area contributed by atoms with E-state index >= 15 is 0 Å². The molecule has 0 saturated carbocycles. The minimum Gasteiger partial charge on any atom is -0.376 e. The Morgan fingerprint density at radius 2 is 1.61 bits per heavy atom. The van der Waals surface area contributed by atoms with E-state index in [1.807, 2.05) is 12.3 Å². The molecule has 3 atom stereocenters. The Balaban J connectivity index is 0.685. The number of rotatable bonds is 21. The SMILES string of the molecule is CCCc1c(NC(=O)CCC(=O)NCCCCCCCCCCCC(=O)Nc2cccc3cnn(C4CCC(=O)NC4=O)c(=O)c23)ccc2c1Sc1ncc(N3CCC4(CC3)CO[C@@H](C)[C@H]4N)nc1NC2. The zero-order chi connectivity index (χ0) is 49.9. The minimum absolute atomic E-state index is 0.0346. The normalized spacial score (nSPS) is 19.4. The molecule has 3 fully saturated rings. The van der Waals surface area contributed by atoms with Crippen LogP contribution in [0.2, 0.25) is 0 Å². The van der Waals surface area contributed by atoms with Crippen molar-refractivity contribution in [2.24, 2.45) is 11.1 Å². The van der Waals surface area contributed by atoms with E-state index < -0.39 is 17.5 Å². The molecule has 71 heavy (non-hydrogen) atoms. The lowest BCUT2D eigenvalue weighted by molar-refractivity contribution is -0.136. The molecule has 2 aromatic carbocycles. The third kappa shape index (κ3) is 12.6. The van der Waals surface area contributed by atoms with Crippen LogP contribution in [-0.4, -0.2) is 87.7 Å². The molecular formula is C52H69N11O7S. The van der Waals surface area contributed by atoms with Crippen molar-refractivity contribution in [2.75, 3.05) is 47.1 Å². The summed E-state index contributed by atoms with van der Waals surface area (Å²) in [6.07, 6.45) is 16.8. The number of ether oxygens (including phenoxy) is 1. The van der Waals surface area contributed by atoms with Gasteiger partial charge in [-0.05, 0) is 68.7 Å². The molecule has 3 saturated heterocycles. The highest BCUT2D eigenvalue weighted by molar-refractivity contribution is 7.99. The molecule has 1 unspecified atom stereocenters. The number of unbranched alkanes of at least 4 members (excludes halogenated alkanes) is 8. The molecule has 4 aromatic rings. The van der Waals surface area contributed by atoms with Crippen LogP contribution in [0.5, 0.6) is 0 Å². The molecule has 4 aliphatic rings. The summed E-state index contributed by atoms with van der Waals surface area (Å²) in [5, 5.41) is 20.6. The molecule has 380 valence electrons. The first-order valence-corrected chi connectivity index (χ1v) is 26.5. The number of nitrogens with two attached hydrogens (primary N) is 1. The second-order valence-corrected chi connectivity index (χ2v) is 20.6. The highest BCUT2D eigenvalue weighted by Crippen LogP contribution is 2.44. The van der Waals surface area contributed by atoms with Crippen molar-refractivity contribution >= 4 is 75.1 Å². The van der Waals surface area contributed by atoms with Crippen LogP contribution in [0.3, 0.4) is 0 Å². The van der Waals surface area contributed by atoms with E-state index in [1.54, 1.807) is 30.0 Å². The van der Waals surface area contributed by atoms with Gasteiger partial charge in [-0.1, -0.05) is 88.3 Å². The fourth-order valence-corrected chi connectivity index (χ4v) is 11.4. The summed E-state index contributed by atoms with van der Waals surface area (Å²) >= 11 is 1.59. The van der Waals surface area contributed by atoms with E-state index in [1.165, 1.54) is 6.20 Å². The Morgan fingerprint density at radius 3 is 2.34 bits per heavy atom. The van der Waals surface area contributed by atoms with Crippen molar-refractivity contribution in [1.29, 1.82) is 0 Å². The van der Waals surface area contributed by atoms with Gasteiger partial charge in [0.1, 0.15) is 16.9 Å². The number of carbonyl (C=O) groups excluding carboxylic acids is 5. The number of amides is 5. The molecule has 0 bridgehead atoms. The number of nitrogens with zero attached hydrogens (tertiary/aromatic N) is 5. The molecule has 5 amide bonds. The fraction of sp³-hybridized carbons (Fsp3) is 0.558. The Labute approximate surface area is 419 Å². The van der Waals surface area contributed by atoms with Crippen molar-refractivity contribution < 1.29 is 28.7 Å². The Hall–Kier alpha value is -5.92. The van der Waals surface area contributed by atoms with E-state index in [4.69, 9.17) is 20.4 Å². The predicted molar refractivity (Wildman–Crippen MR) is 274 cm³/mol. The van der Waals surface area contributed by atoms with Gasteiger partial charge in [0, 0.05) is 79.3 Å². The molecule has 6 heterocycles. The topological polar surface area (TPSA) is 245 Å². The second kappa shape index (κ2) is 24.0. The maximum absolute atomic E-state index is 13.4. The number of piperidine rings is 2. The molecule has 0 radical (unpaired) electrons. The smallest absolute Gasteiger partial charge is 0.277 e. The van der Waals surface area contributed by atoms with Crippen molar-refractivity contribution in [3.05, 3.63) is 64.2 Å². The number of hydrogen-bond acceptors (Lipinski definition) is 14. The summed E-state index contributed by atoms with van der Waals surface area (Å²) < 4.78 is 7.02. The molecule has 0 aliphatic carbocycles. The highest BCUT2D eigenvalue weighted by Gasteiger charge is 2.47. The van der Waals surface area contributed by atoms with Gasteiger partial charge in [-0.15, -0.1) is 0 Å². The molecule has 18 nitrogen and oxygen atoms in total. The maximum atomic E-state index is 13.4. The first-order chi connectivity index (χ1) is 34.4. The third-order valence-corrected chi connectivity index (χ3v) is 15.7. The minimum atomic E-state index is -0.888. The van der Waals surface area contributed by atoms with Gasteiger partial charge in [-0.25, -0.2) is 14.6 Å². The molecule has 7 N–H and O–H groups in total. The van der Waals surface area contributed by atoms with E-state index in [0.29, 0.717) is 30.6 Å². The summed E-state index contributed by atoms with van der Waals surface area (Å²) in [5.41, 5.74) is 9.45. The van der Waals surface area contributed by atoms with E-state index in [2.05, 4.69) is 56.5 Å². The number of benzene rings is 2.